The number of hydrogen-bond acceptors (Lipinski definition) is 5. The molecule has 1 atom stereocenters. The van der Waals surface area contributed by atoms with E-state index < -0.39 is 6.04 Å². The van der Waals surface area contributed by atoms with Crippen molar-refractivity contribution in [1.82, 2.24) is 0 Å². The molecule has 0 radical (unpaired) electrons. The summed E-state index contributed by atoms with van der Waals surface area (Å²) in [6.45, 7) is 0.229. The van der Waals surface area contributed by atoms with Crippen molar-refractivity contribution in [3.63, 3.8) is 0 Å². The molecule has 5 nitrogen and oxygen atoms in total. The van der Waals surface area contributed by atoms with Gasteiger partial charge in [-0.15, -0.1) is 0 Å². The second kappa shape index (κ2) is 2.66. The summed E-state index contributed by atoms with van der Waals surface area (Å²) < 4.78 is 4.74. The summed E-state index contributed by atoms with van der Waals surface area (Å²) >= 11 is 0. The highest BCUT2D eigenvalue weighted by Crippen LogP contribution is 2.01. The first-order valence-corrected chi connectivity index (χ1v) is 2.93. The number of carbonyl (C=O) groups is 1. The SMILES string of the molecule is NCC(=O)C1COC(N)=N1. The lowest BCUT2D eigenvalue weighted by molar-refractivity contribution is -0.119. The Labute approximate surface area is 58.0 Å². The van der Waals surface area contributed by atoms with Gasteiger partial charge in [-0.3, -0.25) is 4.79 Å². The molecule has 0 fully saturated rings. The van der Waals surface area contributed by atoms with Crippen molar-refractivity contribution >= 4 is 11.8 Å². The highest BCUT2D eigenvalue weighted by atomic mass is 16.5. The Kier molecular flexibility index (Phi) is 1.86. The molecule has 0 bridgehead atoms. The van der Waals surface area contributed by atoms with E-state index in [2.05, 4.69) is 4.99 Å². The van der Waals surface area contributed by atoms with Crippen molar-refractivity contribution in [3.8, 4) is 0 Å². The van der Waals surface area contributed by atoms with Crippen molar-refractivity contribution in [2.24, 2.45) is 16.5 Å². The van der Waals surface area contributed by atoms with Gasteiger partial charge < -0.3 is 16.2 Å². The van der Waals surface area contributed by atoms with Gasteiger partial charge in [0.1, 0.15) is 12.6 Å². The third kappa shape index (κ3) is 1.24. The van der Waals surface area contributed by atoms with Gasteiger partial charge in [0.05, 0.1) is 6.54 Å². The van der Waals surface area contributed by atoms with Crippen LogP contribution in [0.3, 0.4) is 0 Å². The number of carbonyl (C=O) groups excluding carboxylic acids is 1. The molecular weight excluding hydrogens is 134 g/mol. The minimum absolute atomic E-state index is 0.00912. The third-order valence-electron chi connectivity index (χ3n) is 1.25. The summed E-state index contributed by atoms with van der Waals surface area (Å²) in [5, 5.41) is 0. The lowest BCUT2D eigenvalue weighted by Gasteiger charge is -1.98. The number of aliphatic imine (C=N–C) groups is 1. The van der Waals surface area contributed by atoms with Crippen molar-refractivity contribution in [1.29, 1.82) is 0 Å². The van der Waals surface area contributed by atoms with Gasteiger partial charge in [-0.1, -0.05) is 0 Å². The molecule has 5 heteroatoms. The van der Waals surface area contributed by atoms with E-state index in [4.69, 9.17) is 16.2 Å². The number of nitrogens with zero attached hydrogens (tertiary/aromatic N) is 1. The van der Waals surface area contributed by atoms with Gasteiger partial charge in [-0.05, 0) is 0 Å². The largest absolute Gasteiger partial charge is 0.463 e. The Hall–Kier alpha value is -1.10. The first-order valence-electron chi connectivity index (χ1n) is 2.93. The van der Waals surface area contributed by atoms with Crippen LogP contribution >= 0.6 is 0 Å². The Bertz CT molecular complexity index is 178. The summed E-state index contributed by atoms with van der Waals surface area (Å²) in [6, 6.07) is -0.392. The summed E-state index contributed by atoms with van der Waals surface area (Å²) in [5.74, 6) is -0.138. The maximum absolute atomic E-state index is 10.8. The molecule has 1 aliphatic rings. The third-order valence-corrected chi connectivity index (χ3v) is 1.25. The van der Waals surface area contributed by atoms with Gasteiger partial charge in [0.15, 0.2) is 5.78 Å². The van der Waals surface area contributed by atoms with Crippen LogP contribution in [0, 0.1) is 0 Å². The van der Waals surface area contributed by atoms with E-state index in [1.807, 2.05) is 0 Å². The molecule has 0 aromatic heterocycles. The van der Waals surface area contributed by atoms with Crippen LogP contribution in [0.5, 0.6) is 0 Å². The Morgan fingerprint density at radius 2 is 2.60 bits per heavy atom. The zero-order valence-corrected chi connectivity index (χ0v) is 5.41. The predicted octanol–water partition coefficient (Wildman–Crippen LogP) is -1.77. The molecule has 1 heterocycles. The normalized spacial score (nSPS) is 23.7. The Morgan fingerprint density at radius 3 is 3.00 bits per heavy atom. The summed E-state index contributed by atoms with van der Waals surface area (Å²) in [5.41, 5.74) is 10.2. The number of hydrogen-bond donors (Lipinski definition) is 2. The van der Waals surface area contributed by atoms with Gasteiger partial charge in [0, 0.05) is 0 Å². The van der Waals surface area contributed by atoms with Crippen molar-refractivity contribution in [2.45, 2.75) is 6.04 Å². The van der Waals surface area contributed by atoms with E-state index in [1.165, 1.54) is 0 Å². The quantitative estimate of drug-likeness (QED) is 0.478. The van der Waals surface area contributed by atoms with Crippen molar-refractivity contribution in [2.75, 3.05) is 13.2 Å². The molecule has 0 amide bonds. The van der Waals surface area contributed by atoms with E-state index in [-0.39, 0.29) is 25.0 Å². The van der Waals surface area contributed by atoms with Crippen LogP contribution in [0.4, 0.5) is 0 Å². The van der Waals surface area contributed by atoms with Crippen LogP contribution in [0.2, 0.25) is 0 Å². The van der Waals surface area contributed by atoms with Crippen LogP contribution < -0.4 is 11.5 Å². The lowest BCUT2D eigenvalue weighted by Crippen LogP contribution is -2.27. The van der Waals surface area contributed by atoms with Gasteiger partial charge >= 0.3 is 0 Å². The second-order valence-electron chi connectivity index (χ2n) is 1.96. The van der Waals surface area contributed by atoms with Crippen LogP contribution in [0.25, 0.3) is 0 Å². The van der Waals surface area contributed by atoms with Crippen LogP contribution in [0.1, 0.15) is 0 Å². The topological polar surface area (TPSA) is 90.7 Å². The molecule has 0 spiro atoms. The molecule has 0 saturated heterocycles. The summed E-state index contributed by atoms with van der Waals surface area (Å²) in [4.78, 5) is 14.5. The number of amidine groups is 1. The Balaban J connectivity index is 2.52. The molecule has 0 aromatic rings. The fourth-order valence-corrected chi connectivity index (χ4v) is 0.693. The van der Waals surface area contributed by atoms with Crippen LogP contribution in [0.15, 0.2) is 4.99 Å². The second-order valence-corrected chi connectivity index (χ2v) is 1.96. The summed E-state index contributed by atoms with van der Waals surface area (Å²) in [7, 11) is 0. The maximum atomic E-state index is 10.8. The van der Waals surface area contributed by atoms with Crippen LogP contribution in [-0.2, 0) is 9.53 Å². The number of ether oxygens (including phenoxy) is 1. The maximum Gasteiger partial charge on any atom is 0.282 e. The van der Waals surface area contributed by atoms with Gasteiger partial charge in [-0.25, -0.2) is 4.99 Å². The number of nitrogens with two attached hydrogens (primary N) is 2. The van der Waals surface area contributed by atoms with Crippen molar-refractivity contribution in [3.05, 3.63) is 0 Å². The molecule has 0 saturated carbocycles. The number of Topliss-reactive ketones (excluding diaryl/α,β-unsaturated/α-hetero) is 1. The van der Waals surface area contributed by atoms with Gasteiger partial charge in [0.25, 0.3) is 6.02 Å². The fraction of sp³-hybridized carbons (Fsp3) is 0.600. The highest BCUT2D eigenvalue weighted by molar-refractivity contribution is 5.90. The first-order chi connectivity index (χ1) is 4.74. The molecule has 0 aliphatic carbocycles. The number of rotatable bonds is 2. The monoisotopic (exact) mass is 143 g/mol. The van der Waals surface area contributed by atoms with E-state index in [9.17, 15) is 4.79 Å². The molecule has 1 aliphatic heterocycles. The first kappa shape index (κ1) is 7.01. The minimum atomic E-state index is -0.468. The van der Waals surface area contributed by atoms with E-state index in [0.717, 1.165) is 0 Å². The molecule has 0 aromatic carbocycles. The fourth-order valence-electron chi connectivity index (χ4n) is 0.693. The summed E-state index contributed by atoms with van der Waals surface area (Å²) in [6.07, 6.45) is 0. The van der Waals surface area contributed by atoms with E-state index in [0.29, 0.717) is 0 Å². The predicted molar refractivity (Wildman–Crippen MR) is 35.4 cm³/mol. The van der Waals surface area contributed by atoms with Gasteiger partial charge in [0.2, 0.25) is 0 Å². The molecule has 1 unspecified atom stereocenters. The van der Waals surface area contributed by atoms with Gasteiger partial charge in [-0.2, -0.15) is 0 Å². The average Bonchev–Trinajstić information content (AvgIpc) is 2.34. The lowest BCUT2D eigenvalue weighted by atomic mass is 10.2. The standard InChI is InChI=1S/C5H9N3O2/c6-1-4(9)3-2-10-5(7)8-3/h3H,1-2,6H2,(H2,7,8). The van der Waals surface area contributed by atoms with E-state index >= 15 is 0 Å². The smallest absolute Gasteiger partial charge is 0.282 e. The van der Waals surface area contributed by atoms with Crippen molar-refractivity contribution < 1.29 is 9.53 Å². The average molecular weight is 143 g/mol. The zero-order chi connectivity index (χ0) is 7.56. The Morgan fingerprint density at radius 1 is 1.90 bits per heavy atom. The van der Waals surface area contributed by atoms with E-state index in [1.54, 1.807) is 0 Å². The van der Waals surface area contributed by atoms with Crippen LogP contribution in [-0.4, -0.2) is 31.0 Å². The molecule has 1 rings (SSSR count). The zero-order valence-electron chi connectivity index (χ0n) is 5.41. The molecular formula is C5H9N3O2. The molecule has 4 N–H and O–H groups in total. The molecule has 56 valence electrons. The molecule has 10 heavy (non-hydrogen) atoms. The number of ketones is 1. The minimum Gasteiger partial charge on any atom is -0.463 e. The highest BCUT2D eigenvalue weighted by Gasteiger charge is 2.22.